The van der Waals surface area contributed by atoms with E-state index in [2.05, 4.69) is 70.4 Å². The average molecular weight is 379 g/mol. The third-order valence-electron chi connectivity index (χ3n) is 3.82. The summed E-state index contributed by atoms with van der Waals surface area (Å²) in [6.07, 6.45) is 2.04. The molecule has 0 spiro atoms. The number of hydrogen-bond acceptors (Lipinski definition) is 2. The van der Waals surface area contributed by atoms with Gasteiger partial charge in [-0.05, 0) is 70.9 Å². The highest BCUT2D eigenvalue weighted by molar-refractivity contribution is 14.1. The Hall–Kier alpha value is -1.07. The third kappa shape index (κ3) is 2.99. The number of rotatable bonds is 4. The van der Waals surface area contributed by atoms with Crippen LogP contribution in [0.25, 0.3) is 0 Å². The van der Waals surface area contributed by atoms with E-state index in [1.54, 1.807) is 0 Å². The summed E-state index contributed by atoms with van der Waals surface area (Å²) in [6.45, 7) is 0.820. The number of benzene rings is 2. The molecule has 0 bridgehead atoms. The van der Waals surface area contributed by atoms with Crippen molar-refractivity contribution in [2.24, 2.45) is 0 Å². The van der Waals surface area contributed by atoms with Crippen LogP contribution < -0.4 is 10.1 Å². The minimum atomic E-state index is 0.348. The minimum absolute atomic E-state index is 0.348. The first-order chi connectivity index (χ1) is 9.76. The Balaban J connectivity index is 1.81. The summed E-state index contributed by atoms with van der Waals surface area (Å²) in [5, 5.41) is 3.43. The number of halogens is 1. The topological polar surface area (TPSA) is 21.3 Å². The van der Waals surface area contributed by atoms with Gasteiger partial charge in [0.1, 0.15) is 5.75 Å². The van der Waals surface area contributed by atoms with Crippen LogP contribution in [0, 0.1) is 3.57 Å². The zero-order valence-electron chi connectivity index (χ0n) is 11.5. The predicted molar refractivity (Wildman–Crippen MR) is 90.3 cm³/mol. The molecule has 0 radical (unpaired) electrons. The second-order valence-corrected chi connectivity index (χ2v) is 6.38. The number of hydrogen-bond donors (Lipinski definition) is 1. The maximum Gasteiger partial charge on any atom is 0.122 e. The SMILES string of the molecule is CNC(Cc1ccc(I)cc1)c1ccc2c(c1)CCO2. The average Bonchev–Trinajstić information content (AvgIpc) is 2.94. The molecular weight excluding hydrogens is 361 g/mol. The molecule has 104 valence electrons. The molecule has 0 saturated carbocycles. The van der Waals surface area contributed by atoms with Gasteiger partial charge in [0.25, 0.3) is 0 Å². The van der Waals surface area contributed by atoms with Crippen molar-refractivity contribution in [3.8, 4) is 5.75 Å². The molecular formula is C17H18INO. The van der Waals surface area contributed by atoms with E-state index in [-0.39, 0.29) is 0 Å². The zero-order chi connectivity index (χ0) is 13.9. The summed E-state index contributed by atoms with van der Waals surface area (Å²) in [5.74, 6) is 1.05. The Morgan fingerprint density at radius 3 is 2.75 bits per heavy atom. The van der Waals surface area contributed by atoms with Crippen molar-refractivity contribution in [2.45, 2.75) is 18.9 Å². The fourth-order valence-electron chi connectivity index (χ4n) is 2.67. The van der Waals surface area contributed by atoms with E-state index in [0.717, 1.165) is 25.2 Å². The van der Waals surface area contributed by atoms with Crippen molar-refractivity contribution in [1.82, 2.24) is 5.32 Å². The normalized spacial score (nSPS) is 14.7. The van der Waals surface area contributed by atoms with Crippen molar-refractivity contribution in [3.63, 3.8) is 0 Å². The van der Waals surface area contributed by atoms with Crippen molar-refractivity contribution >= 4 is 22.6 Å². The monoisotopic (exact) mass is 379 g/mol. The van der Waals surface area contributed by atoms with Gasteiger partial charge < -0.3 is 10.1 Å². The molecule has 20 heavy (non-hydrogen) atoms. The lowest BCUT2D eigenvalue weighted by atomic mass is 9.97. The van der Waals surface area contributed by atoms with E-state index < -0.39 is 0 Å². The lowest BCUT2D eigenvalue weighted by Crippen LogP contribution is -2.19. The zero-order valence-corrected chi connectivity index (χ0v) is 13.7. The largest absolute Gasteiger partial charge is 0.493 e. The molecule has 1 unspecified atom stereocenters. The van der Waals surface area contributed by atoms with Gasteiger partial charge in [-0.2, -0.15) is 0 Å². The Kier molecular flexibility index (Phi) is 4.27. The Morgan fingerprint density at radius 2 is 2.00 bits per heavy atom. The van der Waals surface area contributed by atoms with Gasteiger partial charge in [0.15, 0.2) is 0 Å². The smallest absolute Gasteiger partial charge is 0.122 e. The number of likely N-dealkylation sites (N-methyl/N-ethyl adjacent to an activating group) is 1. The van der Waals surface area contributed by atoms with Gasteiger partial charge in [0.05, 0.1) is 6.61 Å². The second-order valence-electron chi connectivity index (χ2n) is 5.14. The number of ether oxygens (including phenoxy) is 1. The van der Waals surface area contributed by atoms with Crippen LogP contribution in [0.5, 0.6) is 5.75 Å². The molecule has 2 aromatic rings. The van der Waals surface area contributed by atoms with Gasteiger partial charge >= 0.3 is 0 Å². The van der Waals surface area contributed by atoms with E-state index in [9.17, 15) is 0 Å². The number of fused-ring (bicyclic) bond motifs is 1. The summed E-state index contributed by atoms with van der Waals surface area (Å²) in [6, 6.07) is 15.7. The van der Waals surface area contributed by atoms with Gasteiger partial charge in [-0.15, -0.1) is 0 Å². The Morgan fingerprint density at radius 1 is 1.20 bits per heavy atom. The molecule has 2 nitrogen and oxygen atoms in total. The molecule has 1 N–H and O–H groups in total. The summed E-state index contributed by atoms with van der Waals surface area (Å²) < 4.78 is 6.86. The van der Waals surface area contributed by atoms with E-state index in [4.69, 9.17) is 4.74 Å². The van der Waals surface area contributed by atoms with Crippen LogP contribution in [0.1, 0.15) is 22.7 Å². The van der Waals surface area contributed by atoms with Crippen molar-refractivity contribution in [2.75, 3.05) is 13.7 Å². The van der Waals surface area contributed by atoms with Crippen LogP contribution in [0.2, 0.25) is 0 Å². The Labute approximate surface area is 133 Å². The van der Waals surface area contributed by atoms with E-state index in [1.807, 2.05) is 7.05 Å². The third-order valence-corrected chi connectivity index (χ3v) is 4.54. The lowest BCUT2D eigenvalue weighted by molar-refractivity contribution is 0.356. The molecule has 3 rings (SSSR count). The molecule has 1 heterocycles. The molecule has 0 aliphatic carbocycles. The lowest BCUT2D eigenvalue weighted by Gasteiger charge is -2.17. The quantitative estimate of drug-likeness (QED) is 0.818. The van der Waals surface area contributed by atoms with Gasteiger partial charge in [-0.1, -0.05) is 24.3 Å². The first-order valence-electron chi connectivity index (χ1n) is 6.93. The molecule has 1 aliphatic heterocycles. The molecule has 0 saturated heterocycles. The molecule has 0 fully saturated rings. The van der Waals surface area contributed by atoms with Crippen molar-refractivity contribution in [3.05, 3.63) is 62.7 Å². The van der Waals surface area contributed by atoms with Crippen LogP contribution in [0.3, 0.4) is 0 Å². The van der Waals surface area contributed by atoms with E-state index >= 15 is 0 Å². The van der Waals surface area contributed by atoms with Crippen molar-refractivity contribution in [1.29, 1.82) is 0 Å². The molecule has 1 atom stereocenters. The highest BCUT2D eigenvalue weighted by atomic mass is 127. The summed E-state index contributed by atoms with van der Waals surface area (Å²) in [5.41, 5.74) is 4.04. The fraction of sp³-hybridized carbons (Fsp3) is 0.294. The summed E-state index contributed by atoms with van der Waals surface area (Å²) >= 11 is 2.34. The fourth-order valence-corrected chi connectivity index (χ4v) is 3.03. The summed E-state index contributed by atoms with van der Waals surface area (Å²) in [4.78, 5) is 0. The van der Waals surface area contributed by atoms with Gasteiger partial charge in [0.2, 0.25) is 0 Å². The standard InChI is InChI=1S/C17H18INO/c1-19-16(10-12-2-5-15(18)6-3-12)13-4-7-17-14(11-13)8-9-20-17/h2-7,11,16,19H,8-10H2,1H3. The van der Waals surface area contributed by atoms with E-state index in [0.29, 0.717) is 6.04 Å². The molecule has 2 aromatic carbocycles. The second kappa shape index (κ2) is 6.14. The van der Waals surface area contributed by atoms with Gasteiger partial charge in [-0.25, -0.2) is 0 Å². The molecule has 0 aromatic heterocycles. The van der Waals surface area contributed by atoms with Crippen LogP contribution in [0.15, 0.2) is 42.5 Å². The van der Waals surface area contributed by atoms with Crippen LogP contribution in [0.4, 0.5) is 0 Å². The number of nitrogens with one attached hydrogen (secondary N) is 1. The van der Waals surface area contributed by atoms with Crippen LogP contribution in [-0.2, 0) is 12.8 Å². The maximum absolute atomic E-state index is 5.58. The molecule has 1 aliphatic rings. The van der Waals surface area contributed by atoms with Gasteiger partial charge in [-0.3, -0.25) is 0 Å². The minimum Gasteiger partial charge on any atom is -0.493 e. The predicted octanol–water partition coefficient (Wildman–Crippen LogP) is 3.73. The molecule has 0 amide bonds. The molecule has 3 heteroatoms. The Bertz CT molecular complexity index is 594. The van der Waals surface area contributed by atoms with Crippen molar-refractivity contribution < 1.29 is 4.74 Å². The van der Waals surface area contributed by atoms with E-state index in [1.165, 1.54) is 20.3 Å². The highest BCUT2D eigenvalue weighted by Crippen LogP contribution is 2.29. The first kappa shape index (κ1) is 13.9. The highest BCUT2D eigenvalue weighted by Gasteiger charge is 2.16. The first-order valence-corrected chi connectivity index (χ1v) is 8.01. The summed E-state index contributed by atoms with van der Waals surface area (Å²) in [7, 11) is 2.03. The van der Waals surface area contributed by atoms with Crippen LogP contribution >= 0.6 is 22.6 Å². The maximum atomic E-state index is 5.58. The van der Waals surface area contributed by atoms with Crippen LogP contribution in [-0.4, -0.2) is 13.7 Å². The van der Waals surface area contributed by atoms with Gasteiger partial charge in [0, 0.05) is 16.0 Å².